The summed E-state index contributed by atoms with van der Waals surface area (Å²) in [5, 5.41) is 14.6. The van der Waals surface area contributed by atoms with Crippen LogP contribution in [0.15, 0.2) is 76.0 Å². The third kappa shape index (κ3) is 4.10. The number of methoxy groups -OCH3 is 1. The van der Waals surface area contributed by atoms with E-state index in [0.29, 0.717) is 39.8 Å². The van der Waals surface area contributed by atoms with Crippen LogP contribution in [0.5, 0.6) is 5.75 Å². The lowest BCUT2D eigenvalue weighted by molar-refractivity contribution is -0.118. The molecule has 0 spiro atoms. The predicted molar refractivity (Wildman–Crippen MR) is 130 cm³/mol. The molecule has 0 atom stereocenters. The SMILES string of the molecule is COc1cccc(-n2c(=O)c3ccccc3n3c(SCC(=O)NCc4cccs4)nnc23)c1. The number of aromatic nitrogens is 4. The molecule has 8 nitrogen and oxygen atoms in total. The van der Waals surface area contributed by atoms with Crippen molar-refractivity contribution in [2.75, 3.05) is 12.9 Å². The van der Waals surface area contributed by atoms with Crippen LogP contribution in [0, 0.1) is 0 Å². The maximum absolute atomic E-state index is 13.4. The zero-order chi connectivity index (χ0) is 22.8. The third-order valence-electron chi connectivity index (χ3n) is 5.08. The molecule has 3 aromatic heterocycles. The van der Waals surface area contributed by atoms with Crippen molar-refractivity contribution in [1.82, 2.24) is 24.5 Å². The number of fused-ring (bicyclic) bond motifs is 3. The van der Waals surface area contributed by atoms with E-state index in [9.17, 15) is 9.59 Å². The van der Waals surface area contributed by atoms with Gasteiger partial charge in [-0.2, -0.15) is 0 Å². The van der Waals surface area contributed by atoms with E-state index in [1.165, 1.54) is 16.3 Å². The number of amides is 1. The number of carbonyl (C=O) groups is 1. The summed E-state index contributed by atoms with van der Waals surface area (Å²) in [6.45, 7) is 0.496. The van der Waals surface area contributed by atoms with Crippen LogP contribution < -0.4 is 15.6 Å². The molecule has 0 bridgehead atoms. The molecule has 10 heteroatoms. The molecule has 1 amide bonds. The van der Waals surface area contributed by atoms with Crippen LogP contribution in [-0.4, -0.2) is 37.9 Å². The molecule has 0 aliphatic carbocycles. The topological polar surface area (TPSA) is 90.5 Å². The van der Waals surface area contributed by atoms with Gasteiger partial charge in [0.05, 0.1) is 36.0 Å². The van der Waals surface area contributed by atoms with Gasteiger partial charge in [-0.1, -0.05) is 36.0 Å². The number of para-hydroxylation sites is 1. The van der Waals surface area contributed by atoms with Gasteiger partial charge in [0.25, 0.3) is 5.56 Å². The van der Waals surface area contributed by atoms with E-state index in [1.807, 2.05) is 58.3 Å². The lowest BCUT2D eigenvalue weighted by Gasteiger charge is -2.12. The van der Waals surface area contributed by atoms with Gasteiger partial charge < -0.3 is 10.1 Å². The first kappa shape index (κ1) is 21.2. The fourth-order valence-corrected chi connectivity index (χ4v) is 4.95. The van der Waals surface area contributed by atoms with Gasteiger partial charge in [-0.3, -0.25) is 14.0 Å². The maximum Gasteiger partial charge on any atom is 0.267 e. The molecule has 5 rings (SSSR count). The van der Waals surface area contributed by atoms with E-state index >= 15 is 0 Å². The van der Waals surface area contributed by atoms with Crippen molar-refractivity contribution >= 4 is 45.7 Å². The quantitative estimate of drug-likeness (QED) is 0.361. The molecule has 1 N–H and O–H groups in total. The number of benzene rings is 2. The lowest BCUT2D eigenvalue weighted by atomic mass is 10.2. The minimum atomic E-state index is -0.205. The van der Waals surface area contributed by atoms with E-state index in [4.69, 9.17) is 4.74 Å². The highest BCUT2D eigenvalue weighted by molar-refractivity contribution is 7.99. The zero-order valence-electron chi connectivity index (χ0n) is 17.6. The number of nitrogens with one attached hydrogen (secondary N) is 1. The molecular weight excluding hydrogens is 458 g/mol. The van der Waals surface area contributed by atoms with Crippen LogP contribution in [0.1, 0.15) is 4.88 Å². The summed E-state index contributed by atoms with van der Waals surface area (Å²) < 4.78 is 8.66. The molecule has 166 valence electrons. The summed E-state index contributed by atoms with van der Waals surface area (Å²) in [6, 6.07) is 18.5. The van der Waals surface area contributed by atoms with Gasteiger partial charge >= 0.3 is 0 Å². The van der Waals surface area contributed by atoms with Gasteiger partial charge in [-0.25, -0.2) is 4.57 Å². The summed E-state index contributed by atoms with van der Waals surface area (Å²) in [4.78, 5) is 26.9. The normalized spacial score (nSPS) is 11.2. The largest absolute Gasteiger partial charge is 0.497 e. The van der Waals surface area contributed by atoms with Crippen molar-refractivity contribution in [2.24, 2.45) is 0 Å². The average molecular weight is 478 g/mol. The van der Waals surface area contributed by atoms with Crippen molar-refractivity contribution in [3.8, 4) is 11.4 Å². The van der Waals surface area contributed by atoms with Crippen molar-refractivity contribution in [3.63, 3.8) is 0 Å². The first-order chi connectivity index (χ1) is 16.2. The summed E-state index contributed by atoms with van der Waals surface area (Å²) in [7, 11) is 1.58. The first-order valence-electron chi connectivity index (χ1n) is 10.1. The van der Waals surface area contributed by atoms with E-state index in [2.05, 4.69) is 15.5 Å². The molecule has 0 fully saturated rings. The Bertz CT molecular complexity index is 1510. The van der Waals surface area contributed by atoms with Gasteiger partial charge in [0.15, 0.2) is 5.16 Å². The van der Waals surface area contributed by atoms with Crippen molar-refractivity contribution in [2.45, 2.75) is 11.7 Å². The Morgan fingerprint density at radius 1 is 1.12 bits per heavy atom. The standard InChI is InChI=1S/C23H19N5O3S2/c1-31-16-7-4-6-15(12-16)27-21(30)18-9-2-3-10-19(18)28-22(27)25-26-23(28)33-14-20(29)24-13-17-8-5-11-32-17/h2-12H,13-14H2,1H3,(H,24,29). The highest BCUT2D eigenvalue weighted by atomic mass is 32.2. The van der Waals surface area contributed by atoms with E-state index < -0.39 is 0 Å². The molecule has 5 aromatic rings. The van der Waals surface area contributed by atoms with Crippen LogP contribution in [0.25, 0.3) is 22.4 Å². The summed E-state index contributed by atoms with van der Waals surface area (Å²) >= 11 is 2.87. The van der Waals surface area contributed by atoms with Gasteiger partial charge in [-0.15, -0.1) is 21.5 Å². The summed E-state index contributed by atoms with van der Waals surface area (Å²) in [5.41, 5.74) is 1.10. The second-order valence-electron chi connectivity index (χ2n) is 7.12. The molecule has 33 heavy (non-hydrogen) atoms. The van der Waals surface area contributed by atoms with Crippen LogP contribution in [-0.2, 0) is 11.3 Å². The Kier molecular flexibility index (Phi) is 5.84. The molecular formula is C23H19N5O3S2. The summed E-state index contributed by atoms with van der Waals surface area (Å²) in [5.74, 6) is 1.07. The number of hydrogen-bond donors (Lipinski definition) is 1. The fraction of sp³-hybridized carbons (Fsp3) is 0.130. The van der Waals surface area contributed by atoms with Crippen molar-refractivity contribution < 1.29 is 9.53 Å². The Morgan fingerprint density at radius 2 is 2.00 bits per heavy atom. The van der Waals surface area contributed by atoms with Crippen LogP contribution >= 0.6 is 23.1 Å². The smallest absolute Gasteiger partial charge is 0.267 e. The molecule has 0 saturated heterocycles. The number of carbonyl (C=O) groups excluding carboxylic acids is 1. The number of hydrogen-bond acceptors (Lipinski definition) is 7. The molecule has 3 heterocycles. The maximum atomic E-state index is 13.4. The second kappa shape index (κ2) is 9.08. The second-order valence-corrected chi connectivity index (χ2v) is 9.10. The molecule has 0 saturated carbocycles. The lowest BCUT2D eigenvalue weighted by Crippen LogP contribution is -2.24. The van der Waals surface area contributed by atoms with E-state index in [1.54, 1.807) is 30.6 Å². The van der Waals surface area contributed by atoms with Gasteiger partial charge in [-0.05, 0) is 35.7 Å². The number of nitrogens with zero attached hydrogens (tertiary/aromatic N) is 4. The zero-order valence-corrected chi connectivity index (χ0v) is 19.2. The number of ether oxygens (including phenoxy) is 1. The third-order valence-corrected chi connectivity index (χ3v) is 6.88. The number of thiophene rings is 1. The first-order valence-corrected chi connectivity index (χ1v) is 12.0. The molecule has 0 radical (unpaired) electrons. The molecule has 0 aliphatic rings. The van der Waals surface area contributed by atoms with E-state index in [0.717, 1.165) is 4.88 Å². The van der Waals surface area contributed by atoms with Crippen molar-refractivity contribution in [1.29, 1.82) is 0 Å². The Labute approximate surface area is 196 Å². The van der Waals surface area contributed by atoms with Crippen LogP contribution in [0.4, 0.5) is 0 Å². The number of thioether (sulfide) groups is 1. The van der Waals surface area contributed by atoms with Gasteiger partial charge in [0.1, 0.15) is 5.75 Å². The molecule has 0 aliphatic heterocycles. The fourth-order valence-electron chi connectivity index (χ4n) is 3.53. The average Bonchev–Trinajstić information content (AvgIpc) is 3.52. The predicted octanol–water partition coefficient (Wildman–Crippen LogP) is 3.51. The number of rotatable bonds is 7. The monoisotopic (exact) mass is 477 g/mol. The van der Waals surface area contributed by atoms with Crippen molar-refractivity contribution in [3.05, 3.63) is 81.3 Å². The minimum absolute atomic E-state index is 0.101. The Balaban J connectivity index is 1.54. The van der Waals surface area contributed by atoms with Crippen LogP contribution in [0.2, 0.25) is 0 Å². The Hall–Kier alpha value is -3.63. The summed E-state index contributed by atoms with van der Waals surface area (Å²) in [6.07, 6.45) is 0. The van der Waals surface area contributed by atoms with Crippen LogP contribution in [0.3, 0.4) is 0 Å². The minimum Gasteiger partial charge on any atom is -0.497 e. The van der Waals surface area contributed by atoms with Gasteiger partial charge in [0.2, 0.25) is 11.7 Å². The highest BCUT2D eigenvalue weighted by Crippen LogP contribution is 2.24. The highest BCUT2D eigenvalue weighted by Gasteiger charge is 2.19. The van der Waals surface area contributed by atoms with E-state index in [-0.39, 0.29) is 17.2 Å². The molecule has 2 aromatic carbocycles. The molecule has 0 unspecified atom stereocenters. The van der Waals surface area contributed by atoms with Gasteiger partial charge in [0, 0.05) is 10.9 Å². The Morgan fingerprint density at radius 3 is 2.82 bits per heavy atom.